The lowest BCUT2D eigenvalue weighted by molar-refractivity contribution is -0.254. The Labute approximate surface area is 161 Å². The molecule has 0 bridgehead atoms. The molecule has 3 aromatic rings. The molecule has 0 amide bonds. The summed E-state index contributed by atoms with van der Waals surface area (Å²) in [5.41, 5.74) is 3.07. The highest BCUT2D eigenvalue weighted by Crippen LogP contribution is 2.29. The lowest BCUT2D eigenvalue weighted by Gasteiger charge is -2.17. The maximum atomic E-state index is 13.0. The summed E-state index contributed by atoms with van der Waals surface area (Å²) >= 11 is 0. The van der Waals surface area contributed by atoms with Gasteiger partial charge < -0.3 is 15.2 Å². The maximum Gasteiger partial charge on any atom is 0.194 e. The molecule has 2 heterocycles. The van der Waals surface area contributed by atoms with Crippen molar-refractivity contribution in [3.05, 3.63) is 82.9 Å². The van der Waals surface area contributed by atoms with Crippen LogP contribution >= 0.6 is 0 Å². The molecule has 0 atom stereocenters. The van der Waals surface area contributed by atoms with Gasteiger partial charge in [0.1, 0.15) is 0 Å². The van der Waals surface area contributed by atoms with Crippen LogP contribution in [0.1, 0.15) is 38.5 Å². The van der Waals surface area contributed by atoms with Gasteiger partial charge in [-0.2, -0.15) is 5.10 Å². The number of carbonyl (C=O) groups is 2. The molecule has 1 N–H and O–H groups in total. The van der Waals surface area contributed by atoms with Gasteiger partial charge in [-0.3, -0.25) is 4.79 Å². The fourth-order valence-electron chi connectivity index (χ4n) is 3.39. The van der Waals surface area contributed by atoms with Crippen LogP contribution in [-0.2, 0) is 6.42 Å². The number of benzene rings is 1. The number of carbonyl (C=O) groups excluding carboxylic acids is 2. The smallest absolute Gasteiger partial charge is 0.194 e. The normalized spacial score (nSPS) is 14.8. The van der Waals surface area contributed by atoms with E-state index < -0.39 is 5.97 Å². The van der Waals surface area contributed by atoms with Gasteiger partial charge in [0.25, 0.3) is 0 Å². The van der Waals surface area contributed by atoms with Crippen LogP contribution in [0.15, 0.2) is 60.4 Å². The fraction of sp³-hybridized carbons (Fsp3) is 0.143. The Hall–Kier alpha value is -3.74. The van der Waals surface area contributed by atoms with Crippen LogP contribution in [0.5, 0.6) is 0 Å². The van der Waals surface area contributed by atoms with Crippen molar-refractivity contribution in [1.29, 1.82) is 0 Å². The standard InChI is InChI=1S/C21H18N4O3/c1-13-19-17(25(24-13)18-8-4-5-11-22-18)10-9-14(20(19)26)12-23-16-7-3-2-6-15(16)21(27)28/h2-8,11-12,23H,9-10H2,1H3,(H,27,28)/p-1/b14-12+. The molecule has 7 nitrogen and oxygen atoms in total. The second-order valence-electron chi connectivity index (χ2n) is 6.48. The zero-order valence-electron chi connectivity index (χ0n) is 15.2. The van der Waals surface area contributed by atoms with Crippen molar-refractivity contribution in [3.63, 3.8) is 0 Å². The molecule has 140 valence electrons. The van der Waals surface area contributed by atoms with E-state index in [0.717, 1.165) is 5.69 Å². The van der Waals surface area contributed by atoms with Gasteiger partial charge in [-0.05, 0) is 38.0 Å². The van der Waals surface area contributed by atoms with Gasteiger partial charge in [-0.1, -0.05) is 24.3 Å². The Morgan fingerprint density at radius 3 is 2.71 bits per heavy atom. The lowest BCUT2D eigenvalue weighted by Crippen LogP contribution is -2.23. The largest absolute Gasteiger partial charge is 0.545 e. The first-order chi connectivity index (χ1) is 13.6. The highest BCUT2D eigenvalue weighted by Gasteiger charge is 2.29. The third-order valence-electron chi connectivity index (χ3n) is 4.72. The number of carboxylic acid groups (broad SMARTS) is 1. The number of fused-ring (bicyclic) bond motifs is 1. The number of anilines is 1. The monoisotopic (exact) mass is 373 g/mol. The number of hydrogen-bond donors (Lipinski definition) is 1. The number of para-hydroxylation sites is 1. The van der Waals surface area contributed by atoms with Crippen molar-refractivity contribution in [2.45, 2.75) is 19.8 Å². The Morgan fingerprint density at radius 2 is 1.96 bits per heavy atom. The molecule has 7 heteroatoms. The van der Waals surface area contributed by atoms with E-state index in [1.54, 1.807) is 42.2 Å². The molecule has 1 aromatic carbocycles. The highest BCUT2D eigenvalue weighted by atomic mass is 16.4. The molecule has 2 aromatic heterocycles. The molecular formula is C21H17N4O3-. The summed E-state index contributed by atoms with van der Waals surface area (Å²) in [6, 6.07) is 12.0. The van der Waals surface area contributed by atoms with Crippen LogP contribution in [0.3, 0.4) is 0 Å². The molecule has 0 saturated heterocycles. The summed E-state index contributed by atoms with van der Waals surface area (Å²) in [7, 11) is 0. The van der Waals surface area contributed by atoms with E-state index in [0.29, 0.717) is 41.2 Å². The molecule has 0 aliphatic heterocycles. The number of aryl methyl sites for hydroxylation is 1. The minimum atomic E-state index is -1.27. The van der Waals surface area contributed by atoms with Gasteiger partial charge in [0, 0.05) is 29.2 Å². The fourth-order valence-corrected chi connectivity index (χ4v) is 3.39. The lowest BCUT2D eigenvalue weighted by atomic mass is 9.90. The third-order valence-corrected chi connectivity index (χ3v) is 4.72. The molecular weight excluding hydrogens is 356 g/mol. The van der Waals surface area contributed by atoms with Crippen LogP contribution in [-0.4, -0.2) is 26.5 Å². The first kappa shape index (κ1) is 17.7. The number of nitrogens with one attached hydrogen (secondary N) is 1. The van der Waals surface area contributed by atoms with E-state index in [2.05, 4.69) is 15.4 Å². The van der Waals surface area contributed by atoms with Gasteiger partial charge in [0.15, 0.2) is 11.6 Å². The van der Waals surface area contributed by atoms with Crippen molar-refractivity contribution in [1.82, 2.24) is 14.8 Å². The Morgan fingerprint density at radius 1 is 1.18 bits per heavy atom. The minimum Gasteiger partial charge on any atom is -0.545 e. The average Bonchev–Trinajstić information content (AvgIpc) is 3.05. The Kier molecular flexibility index (Phi) is 4.49. The van der Waals surface area contributed by atoms with Crippen LogP contribution < -0.4 is 10.4 Å². The number of nitrogens with zero attached hydrogens (tertiary/aromatic N) is 3. The maximum absolute atomic E-state index is 13.0. The predicted molar refractivity (Wildman–Crippen MR) is 101 cm³/mol. The number of allylic oxidation sites excluding steroid dienone is 1. The first-order valence-electron chi connectivity index (χ1n) is 8.87. The van der Waals surface area contributed by atoms with Crippen molar-refractivity contribution >= 4 is 17.4 Å². The van der Waals surface area contributed by atoms with Crippen molar-refractivity contribution in [3.8, 4) is 5.82 Å². The van der Waals surface area contributed by atoms with E-state index in [4.69, 9.17) is 0 Å². The minimum absolute atomic E-state index is 0.0439. The van der Waals surface area contributed by atoms with E-state index >= 15 is 0 Å². The van der Waals surface area contributed by atoms with E-state index in [-0.39, 0.29) is 11.3 Å². The van der Waals surface area contributed by atoms with Gasteiger partial charge in [0.05, 0.1) is 22.9 Å². The summed E-state index contributed by atoms with van der Waals surface area (Å²) in [4.78, 5) is 28.6. The molecule has 1 aliphatic rings. The second kappa shape index (κ2) is 7.11. The molecule has 0 spiro atoms. The van der Waals surface area contributed by atoms with Crippen molar-refractivity contribution in [2.24, 2.45) is 0 Å². The molecule has 4 rings (SSSR count). The third kappa shape index (κ3) is 3.07. The highest BCUT2D eigenvalue weighted by molar-refractivity contribution is 6.11. The number of pyridine rings is 1. The van der Waals surface area contributed by atoms with Gasteiger partial charge >= 0.3 is 0 Å². The second-order valence-corrected chi connectivity index (χ2v) is 6.48. The number of carboxylic acids is 1. The SMILES string of the molecule is Cc1nn(-c2ccccn2)c2c1C(=O)/C(=C/Nc1ccccc1C(=O)[O-])CC2. The van der Waals surface area contributed by atoms with Gasteiger partial charge in [-0.15, -0.1) is 0 Å². The number of aromatic nitrogens is 3. The van der Waals surface area contributed by atoms with E-state index in [9.17, 15) is 14.7 Å². The zero-order valence-corrected chi connectivity index (χ0v) is 15.2. The topological polar surface area (TPSA) is 99.9 Å². The first-order valence-corrected chi connectivity index (χ1v) is 8.87. The summed E-state index contributed by atoms with van der Waals surface area (Å²) in [6.07, 6.45) is 4.41. The van der Waals surface area contributed by atoms with Crippen molar-refractivity contribution < 1.29 is 14.7 Å². The predicted octanol–water partition coefficient (Wildman–Crippen LogP) is 2.06. The van der Waals surface area contributed by atoms with Gasteiger partial charge in [0.2, 0.25) is 0 Å². The summed E-state index contributed by atoms with van der Waals surface area (Å²) in [6.45, 7) is 1.80. The number of ketones is 1. The number of aromatic carboxylic acids is 1. The number of Topliss-reactive ketones (excluding diaryl/α,β-unsaturated/α-hetero) is 1. The van der Waals surface area contributed by atoms with Crippen LogP contribution in [0.2, 0.25) is 0 Å². The molecule has 0 fully saturated rings. The Balaban J connectivity index is 1.65. The van der Waals surface area contributed by atoms with Gasteiger partial charge in [-0.25, -0.2) is 9.67 Å². The van der Waals surface area contributed by atoms with Crippen LogP contribution in [0.25, 0.3) is 5.82 Å². The molecule has 0 radical (unpaired) electrons. The van der Waals surface area contributed by atoms with Crippen molar-refractivity contribution in [2.75, 3.05) is 5.32 Å². The Bertz CT molecular complexity index is 1100. The number of rotatable bonds is 4. The zero-order chi connectivity index (χ0) is 19.7. The molecule has 0 saturated carbocycles. The summed E-state index contributed by atoms with van der Waals surface area (Å²) in [5.74, 6) is -0.710. The average molecular weight is 373 g/mol. The molecule has 0 unspecified atom stereocenters. The molecule has 28 heavy (non-hydrogen) atoms. The summed E-state index contributed by atoms with van der Waals surface area (Å²) < 4.78 is 1.72. The summed E-state index contributed by atoms with van der Waals surface area (Å²) in [5, 5.41) is 18.7. The van der Waals surface area contributed by atoms with Crippen LogP contribution in [0.4, 0.5) is 5.69 Å². The van der Waals surface area contributed by atoms with Crippen LogP contribution in [0, 0.1) is 6.92 Å². The van der Waals surface area contributed by atoms with E-state index in [1.807, 2.05) is 18.2 Å². The quantitative estimate of drug-likeness (QED) is 0.703. The molecule has 1 aliphatic carbocycles. The van der Waals surface area contributed by atoms with E-state index in [1.165, 1.54) is 6.07 Å². The number of hydrogen-bond acceptors (Lipinski definition) is 6.